The van der Waals surface area contributed by atoms with Gasteiger partial charge in [-0.25, -0.2) is 17.7 Å². The molecule has 0 unspecified atom stereocenters. The highest BCUT2D eigenvalue weighted by Gasteiger charge is 2.18. The molecule has 0 aromatic carbocycles. The van der Waals surface area contributed by atoms with E-state index in [1.54, 1.807) is 0 Å². The molecule has 0 bridgehead atoms. The van der Waals surface area contributed by atoms with E-state index in [9.17, 15) is 8.42 Å². The van der Waals surface area contributed by atoms with E-state index < -0.39 is 10.0 Å². The summed E-state index contributed by atoms with van der Waals surface area (Å²) in [5, 5.41) is 0. The first-order valence-corrected chi connectivity index (χ1v) is 5.05. The highest BCUT2D eigenvalue weighted by atomic mass is 32.2. The second-order valence-corrected chi connectivity index (χ2v) is 5.26. The van der Waals surface area contributed by atoms with E-state index in [1.165, 1.54) is 20.3 Å². The van der Waals surface area contributed by atoms with Gasteiger partial charge < -0.3 is 0 Å². The van der Waals surface area contributed by atoms with Crippen molar-refractivity contribution in [2.75, 3.05) is 14.1 Å². The normalized spacial score (nSPS) is 12.3. The predicted octanol–water partition coefficient (Wildman–Crippen LogP) is 0.194. The molecule has 61 valence electrons. The van der Waals surface area contributed by atoms with Crippen LogP contribution in [0, 0.1) is 5.51 Å². The molecule has 0 N–H and O–H groups in total. The van der Waals surface area contributed by atoms with E-state index >= 15 is 0 Å². The largest absolute Gasteiger partial charge is 0.253 e. The molecule has 0 saturated carbocycles. The van der Waals surface area contributed by atoms with E-state index in [2.05, 4.69) is 10.5 Å². The molecule has 0 aliphatic rings. The van der Waals surface area contributed by atoms with Crippen molar-refractivity contribution in [3.63, 3.8) is 0 Å². The molecule has 4 nitrogen and oxygen atoms in total. The molecule has 1 rings (SSSR count). The molecule has 1 radical (unpaired) electrons. The fourth-order valence-electron chi connectivity index (χ4n) is 0.476. The van der Waals surface area contributed by atoms with Crippen LogP contribution in [-0.4, -0.2) is 31.8 Å². The minimum absolute atomic E-state index is 0.225. The Bertz CT molecular complexity index is 314. The average molecular weight is 191 g/mol. The van der Waals surface area contributed by atoms with Crippen molar-refractivity contribution in [1.82, 2.24) is 9.29 Å². The van der Waals surface area contributed by atoms with E-state index in [0.29, 0.717) is 0 Å². The van der Waals surface area contributed by atoms with Gasteiger partial charge in [-0.15, -0.1) is 0 Å². The topological polar surface area (TPSA) is 50.3 Å². The standard InChI is InChI=1S/C5H7N2O2S2/c1-7(2)11(8,9)5-3-6-4-10-5/h3H,1-2H3. The second-order valence-electron chi connectivity index (χ2n) is 2.06. The highest BCUT2D eigenvalue weighted by molar-refractivity contribution is 7.91. The number of rotatable bonds is 2. The third-order valence-corrected chi connectivity index (χ3v) is 4.06. The zero-order valence-electron chi connectivity index (χ0n) is 6.10. The molecule has 1 aromatic heterocycles. The lowest BCUT2D eigenvalue weighted by atomic mass is 11.0. The van der Waals surface area contributed by atoms with Crippen molar-refractivity contribution in [3.8, 4) is 0 Å². The first-order valence-electron chi connectivity index (χ1n) is 2.79. The molecule has 1 heterocycles. The summed E-state index contributed by atoms with van der Waals surface area (Å²) in [6.45, 7) is 0. The van der Waals surface area contributed by atoms with Gasteiger partial charge in [0.25, 0.3) is 10.0 Å². The highest BCUT2D eigenvalue weighted by Crippen LogP contribution is 2.15. The Morgan fingerprint density at radius 3 is 2.64 bits per heavy atom. The summed E-state index contributed by atoms with van der Waals surface area (Å²) in [6, 6.07) is 0. The van der Waals surface area contributed by atoms with Crippen molar-refractivity contribution in [3.05, 3.63) is 11.7 Å². The van der Waals surface area contributed by atoms with Gasteiger partial charge in [0.2, 0.25) is 0 Å². The molecular weight excluding hydrogens is 184 g/mol. The summed E-state index contributed by atoms with van der Waals surface area (Å²) in [4.78, 5) is 3.56. The lowest BCUT2D eigenvalue weighted by Crippen LogP contribution is -2.21. The Balaban J connectivity index is 3.12. The van der Waals surface area contributed by atoms with Crippen LogP contribution in [0.5, 0.6) is 0 Å². The minimum atomic E-state index is -3.28. The lowest BCUT2D eigenvalue weighted by Gasteiger charge is -2.07. The van der Waals surface area contributed by atoms with Gasteiger partial charge in [0.1, 0.15) is 0 Å². The van der Waals surface area contributed by atoms with Crippen LogP contribution in [0.2, 0.25) is 0 Å². The van der Waals surface area contributed by atoms with Gasteiger partial charge in [-0.2, -0.15) is 0 Å². The summed E-state index contributed by atoms with van der Waals surface area (Å²) in [5.74, 6) is 0. The van der Waals surface area contributed by atoms with Gasteiger partial charge in [-0.1, -0.05) is 11.3 Å². The number of aromatic nitrogens is 1. The predicted molar refractivity (Wildman–Crippen MR) is 41.8 cm³/mol. The van der Waals surface area contributed by atoms with Crippen LogP contribution in [0.3, 0.4) is 0 Å². The number of nitrogens with zero attached hydrogens (tertiary/aromatic N) is 2. The number of hydrogen-bond donors (Lipinski definition) is 0. The Morgan fingerprint density at radius 1 is 1.64 bits per heavy atom. The maximum atomic E-state index is 11.3. The summed E-state index contributed by atoms with van der Waals surface area (Å²) < 4.78 is 23.9. The van der Waals surface area contributed by atoms with Gasteiger partial charge in [-0.05, 0) is 0 Å². The second kappa shape index (κ2) is 2.88. The van der Waals surface area contributed by atoms with E-state index in [0.717, 1.165) is 15.6 Å². The molecule has 11 heavy (non-hydrogen) atoms. The van der Waals surface area contributed by atoms with E-state index in [1.807, 2.05) is 0 Å². The molecule has 0 aliphatic heterocycles. The molecule has 0 atom stereocenters. The molecule has 0 aliphatic carbocycles. The van der Waals surface area contributed by atoms with E-state index in [-0.39, 0.29) is 4.21 Å². The first kappa shape index (κ1) is 8.63. The average Bonchev–Trinajstić information content (AvgIpc) is 2.37. The molecule has 6 heteroatoms. The molecule has 0 spiro atoms. The van der Waals surface area contributed by atoms with Crippen LogP contribution in [0.15, 0.2) is 10.4 Å². The maximum Gasteiger partial charge on any atom is 0.253 e. The van der Waals surface area contributed by atoms with Crippen molar-refractivity contribution in [2.45, 2.75) is 4.21 Å². The Labute approximate surface area is 69.5 Å². The number of sulfonamides is 1. The Hall–Kier alpha value is -0.460. The molecule has 1 aromatic rings. The van der Waals surface area contributed by atoms with Gasteiger partial charge in [0.05, 0.1) is 6.20 Å². The SMILES string of the molecule is CN(C)S(=O)(=O)c1cn[c]s1. The third-order valence-electron chi connectivity index (χ3n) is 1.10. The van der Waals surface area contributed by atoms with Crippen molar-refractivity contribution >= 4 is 21.4 Å². The van der Waals surface area contributed by atoms with Crippen LogP contribution < -0.4 is 0 Å². The zero-order chi connectivity index (χ0) is 8.48. The smallest absolute Gasteiger partial charge is 0.240 e. The zero-order valence-corrected chi connectivity index (χ0v) is 7.74. The number of thiazole rings is 1. The summed E-state index contributed by atoms with van der Waals surface area (Å²) in [5.41, 5.74) is 2.48. The van der Waals surface area contributed by atoms with Crippen LogP contribution in [0.4, 0.5) is 0 Å². The van der Waals surface area contributed by atoms with Gasteiger partial charge in [-0.3, -0.25) is 0 Å². The lowest BCUT2D eigenvalue weighted by molar-refractivity contribution is 0.523. The monoisotopic (exact) mass is 191 g/mol. The van der Waals surface area contributed by atoms with Crippen molar-refractivity contribution in [2.24, 2.45) is 0 Å². The Kier molecular flexibility index (Phi) is 2.26. The number of hydrogen-bond acceptors (Lipinski definition) is 4. The fraction of sp³-hybridized carbons (Fsp3) is 0.400. The molecule has 0 amide bonds. The Morgan fingerprint density at radius 2 is 2.27 bits per heavy atom. The van der Waals surface area contributed by atoms with E-state index in [4.69, 9.17) is 0 Å². The quantitative estimate of drug-likeness (QED) is 0.670. The van der Waals surface area contributed by atoms with Gasteiger partial charge in [0, 0.05) is 14.1 Å². The molecular formula is C5H7N2O2S2. The van der Waals surface area contributed by atoms with Crippen LogP contribution in [0.1, 0.15) is 0 Å². The maximum absolute atomic E-state index is 11.3. The van der Waals surface area contributed by atoms with Crippen LogP contribution in [-0.2, 0) is 10.0 Å². The van der Waals surface area contributed by atoms with Crippen LogP contribution >= 0.6 is 11.3 Å². The summed E-state index contributed by atoms with van der Waals surface area (Å²) >= 11 is 0.992. The molecule has 0 fully saturated rings. The minimum Gasteiger partial charge on any atom is -0.240 e. The van der Waals surface area contributed by atoms with Crippen LogP contribution in [0.25, 0.3) is 0 Å². The molecule has 0 saturated heterocycles. The van der Waals surface area contributed by atoms with Crippen molar-refractivity contribution < 1.29 is 8.42 Å². The van der Waals surface area contributed by atoms with Gasteiger partial charge >= 0.3 is 0 Å². The van der Waals surface area contributed by atoms with Gasteiger partial charge in [0.15, 0.2) is 9.72 Å². The third kappa shape index (κ3) is 1.58. The summed E-state index contributed by atoms with van der Waals surface area (Å²) in [7, 11) is -0.313. The fourth-order valence-corrected chi connectivity index (χ4v) is 2.30. The summed E-state index contributed by atoms with van der Waals surface area (Å²) in [6.07, 6.45) is 1.29. The first-order chi connectivity index (χ1) is 5.05. The van der Waals surface area contributed by atoms with Crippen molar-refractivity contribution in [1.29, 1.82) is 0 Å².